The minimum atomic E-state index is -0.516. The van der Waals surface area contributed by atoms with Gasteiger partial charge in [0.05, 0.1) is 31.0 Å². The number of unbranched alkanes of at least 4 members (excludes halogenated alkanes) is 15. The van der Waals surface area contributed by atoms with Crippen molar-refractivity contribution in [2.24, 2.45) is 0 Å². The number of rotatable bonds is 32. The lowest BCUT2D eigenvalue weighted by Crippen LogP contribution is -2.37. The molecule has 48 heavy (non-hydrogen) atoms. The Kier molecular flexibility index (Phi) is 25.7. The number of methoxy groups -OCH3 is 2. The van der Waals surface area contributed by atoms with E-state index in [1.54, 1.807) is 14.2 Å². The lowest BCUT2D eigenvalue weighted by molar-refractivity contribution is -0.126. The second-order valence-electron chi connectivity index (χ2n) is 14.4. The maximum absolute atomic E-state index is 12.1. The summed E-state index contributed by atoms with van der Waals surface area (Å²) < 4.78 is 28.9. The predicted molar refractivity (Wildman–Crippen MR) is 199 cm³/mol. The fraction of sp³-hybridized carbons (Fsp3) is 0.825. The molecule has 0 saturated heterocycles. The Balaban J connectivity index is 2.05. The number of hydrogen-bond acceptors (Lipinski definition) is 6. The maximum atomic E-state index is 12.1. The molecule has 0 saturated carbocycles. The Morgan fingerprint density at radius 2 is 1.15 bits per heavy atom. The molecule has 8 nitrogen and oxygen atoms in total. The van der Waals surface area contributed by atoms with Gasteiger partial charge in [-0.25, -0.2) is 4.79 Å². The van der Waals surface area contributed by atoms with E-state index in [4.69, 9.17) is 23.7 Å². The number of hydrogen-bond donors (Lipinski definition) is 2. The van der Waals surface area contributed by atoms with E-state index in [9.17, 15) is 4.79 Å². The number of benzene rings is 1. The van der Waals surface area contributed by atoms with Gasteiger partial charge in [0, 0.05) is 39.3 Å². The first-order chi connectivity index (χ1) is 23.1. The SMILES string of the molecule is CCCCCCCCCCCCCCCCCCNC(=O)NCCOC(OC)c1ccc(OCCC(C)(C)OCCC(C)(C)OC)cc1. The molecule has 0 heterocycles. The predicted octanol–water partition coefficient (Wildman–Crippen LogP) is 10.3. The van der Waals surface area contributed by atoms with E-state index in [0.29, 0.717) is 32.9 Å². The van der Waals surface area contributed by atoms with Gasteiger partial charge in [-0.3, -0.25) is 0 Å². The van der Waals surface area contributed by atoms with Crippen molar-refractivity contribution in [2.75, 3.05) is 47.1 Å². The van der Waals surface area contributed by atoms with Crippen LogP contribution in [0.4, 0.5) is 4.79 Å². The smallest absolute Gasteiger partial charge is 0.314 e. The van der Waals surface area contributed by atoms with Crippen molar-refractivity contribution in [3.63, 3.8) is 0 Å². The van der Waals surface area contributed by atoms with E-state index >= 15 is 0 Å². The molecule has 0 bridgehead atoms. The van der Waals surface area contributed by atoms with Crippen LogP contribution in [0.1, 0.15) is 162 Å². The van der Waals surface area contributed by atoms with E-state index in [2.05, 4.69) is 45.3 Å². The zero-order valence-corrected chi connectivity index (χ0v) is 32.1. The number of urea groups is 1. The molecule has 2 N–H and O–H groups in total. The van der Waals surface area contributed by atoms with Crippen LogP contribution in [0.3, 0.4) is 0 Å². The first kappa shape index (κ1) is 44.2. The molecule has 0 radical (unpaired) electrons. The minimum Gasteiger partial charge on any atom is -0.493 e. The lowest BCUT2D eigenvalue weighted by Gasteiger charge is -2.28. The van der Waals surface area contributed by atoms with E-state index in [-0.39, 0.29) is 17.2 Å². The van der Waals surface area contributed by atoms with Crippen molar-refractivity contribution in [3.05, 3.63) is 29.8 Å². The molecule has 8 heteroatoms. The quantitative estimate of drug-likeness (QED) is 0.0583. The molecule has 0 fully saturated rings. The highest BCUT2D eigenvalue weighted by atomic mass is 16.7. The van der Waals surface area contributed by atoms with Gasteiger partial charge in [0.25, 0.3) is 0 Å². The largest absolute Gasteiger partial charge is 0.493 e. The summed E-state index contributed by atoms with van der Waals surface area (Å²) in [5, 5.41) is 5.82. The monoisotopic (exact) mass is 679 g/mol. The normalized spacial score (nSPS) is 12.6. The van der Waals surface area contributed by atoms with Gasteiger partial charge in [0.15, 0.2) is 6.29 Å². The van der Waals surface area contributed by atoms with Crippen LogP contribution in [0.5, 0.6) is 5.75 Å². The third-order valence-electron chi connectivity index (χ3n) is 9.06. The second-order valence-corrected chi connectivity index (χ2v) is 14.4. The van der Waals surface area contributed by atoms with Crippen LogP contribution in [-0.2, 0) is 18.9 Å². The van der Waals surface area contributed by atoms with Gasteiger partial charge in [0.1, 0.15) is 5.75 Å². The number of carbonyl (C=O) groups is 1. The summed E-state index contributed by atoms with van der Waals surface area (Å²) in [4.78, 5) is 12.1. The molecule has 0 aliphatic heterocycles. The lowest BCUT2D eigenvalue weighted by atomic mass is 10.0. The van der Waals surface area contributed by atoms with Gasteiger partial charge in [-0.15, -0.1) is 0 Å². The van der Waals surface area contributed by atoms with Crippen molar-refractivity contribution in [2.45, 2.75) is 168 Å². The second kappa shape index (κ2) is 27.9. The number of ether oxygens (including phenoxy) is 5. The molecule has 280 valence electrons. The molecule has 2 amide bonds. The fourth-order valence-corrected chi connectivity index (χ4v) is 5.45. The Morgan fingerprint density at radius 3 is 1.67 bits per heavy atom. The summed E-state index contributed by atoms with van der Waals surface area (Å²) in [6.07, 6.45) is 22.6. The fourth-order valence-electron chi connectivity index (χ4n) is 5.45. The number of nitrogens with one attached hydrogen (secondary N) is 2. The Bertz CT molecular complexity index is 892. The van der Waals surface area contributed by atoms with Crippen LogP contribution in [-0.4, -0.2) is 64.4 Å². The highest BCUT2D eigenvalue weighted by molar-refractivity contribution is 5.73. The summed E-state index contributed by atoms with van der Waals surface area (Å²) in [5.74, 6) is 0.785. The summed E-state index contributed by atoms with van der Waals surface area (Å²) >= 11 is 0. The Hall–Kier alpha value is -1.87. The third kappa shape index (κ3) is 24.3. The summed E-state index contributed by atoms with van der Waals surface area (Å²) in [6.45, 7) is 13.2. The van der Waals surface area contributed by atoms with Crippen molar-refractivity contribution < 1.29 is 28.5 Å². The van der Waals surface area contributed by atoms with Gasteiger partial charge in [-0.05, 0) is 52.7 Å². The molecule has 0 spiro atoms. The molecule has 1 aromatic carbocycles. The van der Waals surface area contributed by atoms with E-state index in [1.165, 1.54) is 96.3 Å². The third-order valence-corrected chi connectivity index (χ3v) is 9.06. The van der Waals surface area contributed by atoms with Crippen LogP contribution in [0, 0.1) is 0 Å². The summed E-state index contributed by atoms with van der Waals surface area (Å²) in [7, 11) is 3.34. The molecular formula is C40H74N2O6. The van der Waals surface area contributed by atoms with Gasteiger partial charge in [-0.2, -0.15) is 0 Å². The molecule has 1 atom stereocenters. The van der Waals surface area contributed by atoms with Crippen molar-refractivity contribution >= 4 is 6.03 Å². The molecule has 1 unspecified atom stereocenters. The zero-order chi connectivity index (χ0) is 35.4. The Labute approximate surface area is 295 Å². The average molecular weight is 679 g/mol. The van der Waals surface area contributed by atoms with Crippen LogP contribution >= 0.6 is 0 Å². The molecule has 1 aromatic rings. The highest BCUT2D eigenvalue weighted by Crippen LogP contribution is 2.23. The van der Waals surface area contributed by atoms with E-state index in [1.807, 2.05) is 24.3 Å². The Morgan fingerprint density at radius 1 is 0.646 bits per heavy atom. The van der Waals surface area contributed by atoms with Crippen molar-refractivity contribution in [1.82, 2.24) is 10.6 Å². The molecule has 0 aliphatic rings. The van der Waals surface area contributed by atoms with Gasteiger partial charge in [-0.1, -0.05) is 115 Å². The van der Waals surface area contributed by atoms with Crippen LogP contribution in [0.2, 0.25) is 0 Å². The molecular weight excluding hydrogens is 604 g/mol. The van der Waals surface area contributed by atoms with Crippen molar-refractivity contribution in [3.8, 4) is 5.75 Å². The molecule has 0 aromatic heterocycles. The van der Waals surface area contributed by atoms with Crippen molar-refractivity contribution in [1.29, 1.82) is 0 Å². The number of amides is 2. The molecule has 0 aliphatic carbocycles. The van der Waals surface area contributed by atoms with E-state index < -0.39 is 6.29 Å². The van der Waals surface area contributed by atoms with Crippen LogP contribution in [0.15, 0.2) is 24.3 Å². The first-order valence-corrected chi connectivity index (χ1v) is 19.2. The van der Waals surface area contributed by atoms with Crippen LogP contribution < -0.4 is 15.4 Å². The van der Waals surface area contributed by atoms with E-state index in [0.717, 1.165) is 30.6 Å². The highest BCUT2D eigenvalue weighted by Gasteiger charge is 2.22. The van der Waals surface area contributed by atoms with Gasteiger partial charge in [0.2, 0.25) is 0 Å². The van der Waals surface area contributed by atoms with Gasteiger partial charge < -0.3 is 34.3 Å². The summed E-state index contributed by atoms with van der Waals surface area (Å²) in [5.41, 5.74) is 0.422. The van der Waals surface area contributed by atoms with Gasteiger partial charge >= 0.3 is 6.03 Å². The number of carbonyl (C=O) groups excluding carboxylic acids is 1. The molecule has 1 rings (SSSR count). The first-order valence-electron chi connectivity index (χ1n) is 19.2. The average Bonchev–Trinajstić information content (AvgIpc) is 3.06. The van der Waals surface area contributed by atoms with Crippen LogP contribution in [0.25, 0.3) is 0 Å². The zero-order valence-electron chi connectivity index (χ0n) is 32.1. The maximum Gasteiger partial charge on any atom is 0.314 e. The topological polar surface area (TPSA) is 87.3 Å². The minimum absolute atomic E-state index is 0.151. The summed E-state index contributed by atoms with van der Waals surface area (Å²) in [6, 6.07) is 7.57. The standard InChI is InChI=1S/C40H74N2O6/c1-8-9-10-11-12-13-14-15-16-17-18-19-20-21-22-23-30-41-38(43)42-31-34-47-37(44-6)35-24-26-36(27-25-35)46-32-28-40(4,5)48-33-29-39(2,3)45-7/h24-27,37H,8-23,28-34H2,1-7H3,(H2,41,42,43).